The van der Waals surface area contributed by atoms with Crippen molar-refractivity contribution in [2.45, 2.75) is 56.2 Å². The molecule has 4 aliphatic carbocycles. The first-order valence-electron chi connectivity index (χ1n) is 11.5. The summed E-state index contributed by atoms with van der Waals surface area (Å²) in [4.78, 5) is 27.6. The smallest absolute Gasteiger partial charge is 0.243 e. The summed E-state index contributed by atoms with van der Waals surface area (Å²) in [6.07, 6.45) is 7.85. The summed E-state index contributed by atoms with van der Waals surface area (Å²) in [6.45, 7) is 3.59. The van der Waals surface area contributed by atoms with Crippen molar-refractivity contribution in [1.82, 2.24) is 4.90 Å². The van der Waals surface area contributed by atoms with Crippen molar-refractivity contribution in [1.29, 1.82) is 0 Å². The first-order chi connectivity index (χ1) is 14.9. The van der Waals surface area contributed by atoms with Gasteiger partial charge in [-0.05, 0) is 74.8 Å². The maximum atomic E-state index is 13.2. The second-order valence-electron chi connectivity index (χ2n) is 10.1. The number of ether oxygens (including phenoxy) is 2. The molecule has 2 amide bonds. The van der Waals surface area contributed by atoms with Gasteiger partial charge in [0, 0.05) is 29.0 Å². The normalized spacial score (nSPS) is 32.6. The summed E-state index contributed by atoms with van der Waals surface area (Å²) < 4.78 is 11.3. The predicted octanol–water partition coefficient (Wildman–Crippen LogP) is 4.37. The van der Waals surface area contributed by atoms with E-state index in [2.05, 4.69) is 21.2 Å². The minimum atomic E-state index is -0.186. The van der Waals surface area contributed by atoms with Crippen LogP contribution in [0.1, 0.15) is 51.9 Å². The number of rotatable bonds is 6. The molecule has 2 atom stereocenters. The number of anilines is 1. The lowest BCUT2D eigenvalue weighted by Gasteiger charge is -2.60. The third-order valence-electron chi connectivity index (χ3n) is 7.53. The lowest BCUT2D eigenvalue weighted by molar-refractivity contribution is -0.140. The minimum Gasteiger partial charge on any atom is -0.486 e. The molecular weight excluding hydrogens is 460 g/mol. The molecular formula is C24H31BrN2O4. The molecule has 4 saturated carbocycles. The first kappa shape index (κ1) is 21.1. The van der Waals surface area contributed by atoms with Crippen LogP contribution in [-0.4, -0.2) is 47.3 Å². The largest absolute Gasteiger partial charge is 0.486 e. The molecule has 7 heteroatoms. The number of hydrogen-bond acceptors (Lipinski definition) is 4. The van der Waals surface area contributed by atoms with Gasteiger partial charge in [-0.1, -0.05) is 15.9 Å². The average Bonchev–Trinajstić information content (AvgIpc) is 2.69. The number of hydrogen-bond donors (Lipinski definition) is 1. The summed E-state index contributed by atoms with van der Waals surface area (Å²) in [6, 6.07) is 5.37. The Morgan fingerprint density at radius 2 is 1.84 bits per heavy atom. The number of alkyl halides is 1. The Balaban J connectivity index is 1.21. The zero-order chi connectivity index (χ0) is 21.6. The van der Waals surface area contributed by atoms with Crippen molar-refractivity contribution in [2.24, 2.45) is 17.3 Å². The van der Waals surface area contributed by atoms with Gasteiger partial charge in [-0.25, -0.2) is 0 Å². The third-order valence-corrected chi connectivity index (χ3v) is 8.46. The maximum Gasteiger partial charge on any atom is 0.243 e. The van der Waals surface area contributed by atoms with Crippen LogP contribution in [0.3, 0.4) is 0 Å². The van der Waals surface area contributed by atoms with Gasteiger partial charge in [-0.15, -0.1) is 0 Å². The molecule has 0 saturated heterocycles. The highest BCUT2D eigenvalue weighted by Gasteiger charge is 2.57. The molecule has 0 radical (unpaired) electrons. The van der Waals surface area contributed by atoms with E-state index in [1.54, 1.807) is 23.1 Å². The van der Waals surface area contributed by atoms with Crippen LogP contribution in [0, 0.1) is 17.3 Å². The molecule has 5 aliphatic rings. The highest BCUT2D eigenvalue weighted by Crippen LogP contribution is 2.65. The molecule has 6 rings (SSSR count). The van der Waals surface area contributed by atoms with Crippen LogP contribution in [0.5, 0.6) is 11.5 Å². The molecule has 1 heterocycles. The number of nitrogens with one attached hydrogen (secondary N) is 1. The molecule has 1 aromatic rings. The zero-order valence-corrected chi connectivity index (χ0v) is 19.7. The Kier molecular flexibility index (Phi) is 5.43. The van der Waals surface area contributed by atoms with Gasteiger partial charge >= 0.3 is 0 Å². The van der Waals surface area contributed by atoms with E-state index in [1.165, 1.54) is 32.1 Å². The van der Waals surface area contributed by atoms with Crippen LogP contribution in [0.2, 0.25) is 0 Å². The lowest BCUT2D eigenvalue weighted by atomic mass is 9.48. The van der Waals surface area contributed by atoms with E-state index in [0.29, 0.717) is 43.4 Å². The number of carbonyl (C=O) groups excluding carboxylic acids is 2. The van der Waals surface area contributed by atoms with Crippen LogP contribution >= 0.6 is 15.9 Å². The fourth-order valence-corrected chi connectivity index (χ4v) is 8.36. The molecule has 31 heavy (non-hydrogen) atoms. The van der Waals surface area contributed by atoms with Gasteiger partial charge in [0.25, 0.3) is 0 Å². The highest BCUT2D eigenvalue weighted by molar-refractivity contribution is 9.10. The predicted molar refractivity (Wildman–Crippen MR) is 122 cm³/mol. The standard InChI is InChI=1S/C24H31BrN2O4/c1-2-27(14-21(28)26-18-3-4-19-20(8-18)31-6-5-30-19)22(29)13-23-9-16-7-17(10-23)12-24(25,11-16)15-23/h3-4,8,16-17H,2,5-7,9-15H2,1H3,(H,26,28). The van der Waals surface area contributed by atoms with Crippen molar-refractivity contribution in [3.63, 3.8) is 0 Å². The second-order valence-corrected chi connectivity index (χ2v) is 11.8. The molecule has 1 aliphatic heterocycles. The molecule has 168 valence electrons. The van der Waals surface area contributed by atoms with Gasteiger partial charge in [0.1, 0.15) is 13.2 Å². The molecule has 1 aromatic carbocycles. The fraction of sp³-hybridized carbons (Fsp3) is 0.667. The van der Waals surface area contributed by atoms with E-state index < -0.39 is 0 Å². The Morgan fingerprint density at radius 3 is 2.52 bits per heavy atom. The van der Waals surface area contributed by atoms with Crippen molar-refractivity contribution in [3.8, 4) is 11.5 Å². The molecule has 2 unspecified atom stereocenters. The third kappa shape index (κ3) is 4.30. The first-order valence-corrected chi connectivity index (χ1v) is 12.3. The van der Waals surface area contributed by atoms with E-state index in [0.717, 1.165) is 18.3 Å². The van der Waals surface area contributed by atoms with Crippen molar-refractivity contribution >= 4 is 33.4 Å². The highest BCUT2D eigenvalue weighted by atomic mass is 79.9. The minimum absolute atomic E-state index is 0.0756. The molecule has 0 aromatic heterocycles. The van der Waals surface area contributed by atoms with Crippen LogP contribution in [-0.2, 0) is 9.59 Å². The summed E-state index contributed by atoms with van der Waals surface area (Å²) in [7, 11) is 0. The van der Waals surface area contributed by atoms with Crippen molar-refractivity contribution in [3.05, 3.63) is 18.2 Å². The van der Waals surface area contributed by atoms with Crippen molar-refractivity contribution in [2.75, 3.05) is 31.6 Å². The van der Waals surface area contributed by atoms with Gasteiger partial charge in [-0.3, -0.25) is 9.59 Å². The van der Waals surface area contributed by atoms with E-state index >= 15 is 0 Å². The Bertz CT molecular complexity index is 874. The van der Waals surface area contributed by atoms with Gasteiger partial charge in [0.2, 0.25) is 11.8 Å². The van der Waals surface area contributed by atoms with Crippen LogP contribution in [0.4, 0.5) is 5.69 Å². The second kappa shape index (κ2) is 7.98. The zero-order valence-electron chi connectivity index (χ0n) is 18.1. The van der Waals surface area contributed by atoms with Gasteiger partial charge in [-0.2, -0.15) is 0 Å². The quantitative estimate of drug-likeness (QED) is 0.601. The number of amides is 2. The van der Waals surface area contributed by atoms with E-state index in [9.17, 15) is 9.59 Å². The van der Waals surface area contributed by atoms with Gasteiger partial charge < -0.3 is 19.7 Å². The number of nitrogens with zero attached hydrogens (tertiary/aromatic N) is 1. The number of fused-ring (bicyclic) bond motifs is 1. The molecule has 1 N–H and O–H groups in total. The monoisotopic (exact) mass is 490 g/mol. The Morgan fingerprint density at radius 1 is 1.13 bits per heavy atom. The number of carbonyl (C=O) groups is 2. The number of benzene rings is 1. The number of halogens is 1. The summed E-state index contributed by atoms with van der Waals surface area (Å²) in [5.41, 5.74) is 0.768. The van der Waals surface area contributed by atoms with Crippen LogP contribution in [0.15, 0.2) is 18.2 Å². The van der Waals surface area contributed by atoms with Crippen LogP contribution in [0.25, 0.3) is 0 Å². The molecule has 4 fully saturated rings. The SMILES string of the molecule is CCN(CC(=O)Nc1ccc2c(c1)OCCO2)C(=O)CC12CC3CC(CC(Br)(C3)C1)C2. The lowest BCUT2D eigenvalue weighted by Crippen LogP contribution is -2.54. The van der Waals surface area contributed by atoms with Crippen LogP contribution < -0.4 is 14.8 Å². The average molecular weight is 491 g/mol. The van der Waals surface area contributed by atoms with E-state index in [4.69, 9.17) is 9.47 Å². The molecule has 6 nitrogen and oxygen atoms in total. The van der Waals surface area contributed by atoms with E-state index in [1.807, 2.05) is 6.92 Å². The summed E-state index contributed by atoms with van der Waals surface area (Å²) >= 11 is 4.03. The Hall–Kier alpha value is -1.76. The topological polar surface area (TPSA) is 67.9 Å². The van der Waals surface area contributed by atoms with E-state index in [-0.39, 0.29) is 28.1 Å². The Labute approximate surface area is 192 Å². The summed E-state index contributed by atoms with van der Waals surface area (Å²) in [5, 5.41) is 2.90. The summed E-state index contributed by atoms with van der Waals surface area (Å²) in [5.74, 6) is 2.75. The van der Waals surface area contributed by atoms with Gasteiger partial charge in [0.05, 0.1) is 6.54 Å². The van der Waals surface area contributed by atoms with Gasteiger partial charge in [0.15, 0.2) is 11.5 Å². The maximum absolute atomic E-state index is 13.2. The number of likely N-dealkylation sites (N-methyl/N-ethyl adjacent to an activating group) is 1. The molecule has 0 spiro atoms. The molecule has 4 bridgehead atoms. The fourth-order valence-electron chi connectivity index (χ4n) is 6.85. The van der Waals surface area contributed by atoms with Crippen molar-refractivity contribution < 1.29 is 19.1 Å².